The maximum absolute atomic E-state index is 5.64. The van der Waals surface area contributed by atoms with Crippen molar-refractivity contribution in [1.29, 1.82) is 0 Å². The number of para-hydroxylation sites is 1. The van der Waals surface area contributed by atoms with Gasteiger partial charge in [-0.2, -0.15) is 0 Å². The van der Waals surface area contributed by atoms with Gasteiger partial charge < -0.3 is 9.40 Å². The molecule has 2 heterocycles. The van der Waals surface area contributed by atoms with Crippen LogP contribution in [0.2, 0.25) is 0 Å². The number of alkyl halides is 2. The molecule has 86 valence electrons. The van der Waals surface area contributed by atoms with E-state index in [-0.39, 0.29) is 5.89 Å². The van der Waals surface area contributed by atoms with Crippen molar-refractivity contribution in [3.8, 4) is 11.6 Å². The third-order valence-corrected chi connectivity index (χ3v) is 2.76. The van der Waals surface area contributed by atoms with Gasteiger partial charge in [0.2, 0.25) is 5.89 Å². The molecule has 1 aromatic carbocycles. The van der Waals surface area contributed by atoms with Crippen LogP contribution in [0.15, 0.2) is 34.7 Å². The summed E-state index contributed by atoms with van der Waals surface area (Å²) in [6, 6.07) is 9.83. The zero-order valence-electron chi connectivity index (χ0n) is 8.52. The highest BCUT2D eigenvalue weighted by Crippen LogP contribution is 2.27. The summed E-state index contributed by atoms with van der Waals surface area (Å²) in [5.41, 5.74) is 1.76. The second-order valence-corrected chi connectivity index (χ2v) is 4.61. The Hall–Kier alpha value is -1.52. The summed E-state index contributed by atoms with van der Waals surface area (Å²) in [7, 11) is 0. The third-order valence-electron chi connectivity index (χ3n) is 2.39. The fraction of sp³-hybridized carbons (Fsp3) is 0.0909. The molecule has 0 spiro atoms. The van der Waals surface area contributed by atoms with E-state index in [9.17, 15) is 0 Å². The molecule has 0 saturated carbocycles. The van der Waals surface area contributed by atoms with E-state index in [1.165, 1.54) is 0 Å². The highest BCUT2D eigenvalue weighted by molar-refractivity contribution is 6.43. The van der Waals surface area contributed by atoms with Gasteiger partial charge in [-0.1, -0.05) is 41.4 Å². The number of fused-ring (bicyclic) bond motifs is 1. The molecule has 0 radical (unpaired) electrons. The van der Waals surface area contributed by atoms with Gasteiger partial charge in [0.05, 0.1) is 0 Å². The van der Waals surface area contributed by atoms with Gasteiger partial charge in [0, 0.05) is 10.9 Å². The Kier molecular flexibility index (Phi) is 2.53. The molecule has 0 aliphatic heterocycles. The van der Waals surface area contributed by atoms with Crippen LogP contribution in [0.4, 0.5) is 0 Å². The number of nitrogens with zero attached hydrogens (tertiary/aromatic N) is 2. The quantitative estimate of drug-likeness (QED) is 0.721. The predicted octanol–water partition coefficient (Wildman–Crippen LogP) is 3.69. The van der Waals surface area contributed by atoms with E-state index in [0.29, 0.717) is 5.89 Å². The molecular formula is C11H7Cl2N3O. The summed E-state index contributed by atoms with van der Waals surface area (Å²) in [5.74, 6) is 0.574. The van der Waals surface area contributed by atoms with Gasteiger partial charge >= 0.3 is 0 Å². The maximum Gasteiger partial charge on any atom is 0.264 e. The minimum absolute atomic E-state index is 0.196. The molecule has 4 nitrogen and oxygen atoms in total. The molecule has 17 heavy (non-hydrogen) atoms. The summed E-state index contributed by atoms with van der Waals surface area (Å²) >= 11 is 11.3. The Bertz CT molecular complexity index is 626. The topological polar surface area (TPSA) is 54.7 Å². The zero-order chi connectivity index (χ0) is 11.8. The number of hydrogen-bond donors (Lipinski definition) is 1. The summed E-state index contributed by atoms with van der Waals surface area (Å²) in [5, 5.41) is 8.73. The normalized spacial score (nSPS) is 11.5. The Morgan fingerprint density at radius 1 is 1.18 bits per heavy atom. The lowest BCUT2D eigenvalue weighted by atomic mass is 10.2. The first-order valence-electron chi connectivity index (χ1n) is 4.94. The van der Waals surface area contributed by atoms with Gasteiger partial charge in [-0.3, -0.25) is 0 Å². The number of nitrogens with one attached hydrogen (secondary N) is 1. The number of benzene rings is 1. The Morgan fingerprint density at radius 2 is 2.00 bits per heavy atom. The molecular weight excluding hydrogens is 261 g/mol. The average Bonchev–Trinajstić information content (AvgIpc) is 2.95. The monoisotopic (exact) mass is 267 g/mol. The van der Waals surface area contributed by atoms with Crippen molar-refractivity contribution < 1.29 is 4.42 Å². The summed E-state index contributed by atoms with van der Waals surface area (Å²) < 4.78 is 5.34. The largest absolute Gasteiger partial charge is 0.416 e. The molecule has 0 saturated heterocycles. The molecule has 3 aromatic rings. The molecule has 3 rings (SSSR count). The fourth-order valence-corrected chi connectivity index (χ4v) is 1.80. The van der Waals surface area contributed by atoms with Crippen molar-refractivity contribution in [2.75, 3.05) is 0 Å². The van der Waals surface area contributed by atoms with Crippen LogP contribution in [0.1, 0.15) is 10.7 Å². The molecule has 0 aliphatic rings. The van der Waals surface area contributed by atoms with Crippen LogP contribution in [0.5, 0.6) is 0 Å². The van der Waals surface area contributed by atoms with Crippen molar-refractivity contribution >= 4 is 34.1 Å². The minimum atomic E-state index is -0.805. The van der Waals surface area contributed by atoms with E-state index in [1.54, 1.807) is 0 Å². The summed E-state index contributed by atoms with van der Waals surface area (Å²) in [6.07, 6.45) is 0. The lowest BCUT2D eigenvalue weighted by Gasteiger charge is -1.90. The van der Waals surface area contributed by atoms with Crippen molar-refractivity contribution in [3.63, 3.8) is 0 Å². The summed E-state index contributed by atoms with van der Waals surface area (Å²) in [6.45, 7) is 0. The molecule has 0 atom stereocenters. The molecule has 0 fully saturated rings. The number of H-pyrrole nitrogens is 1. The smallest absolute Gasteiger partial charge is 0.264 e. The van der Waals surface area contributed by atoms with Gasteiger partial charge in [0.1, 0.15) is 5.69 Å². The van der Waals surface area contributed by atoms with E-state index in [0.717, 1.165) is 16.6 Å². The van der Waals surface area contributed by atoms with Crippen molar-refractivity contribution in [2.45, 2.75) is 4.84 Å². The van der Waals surface area contributed by atoms with Crippen LogP contribution < -0.4 is 0 Å². The molecule has 2 aromatic heterocycles. The molecule has 6 heteroatoms. The van der Waals surface area contributed by atoms with E-state index in [2.05, 4.69) is 15.2 Å². The van der Waals surface area contributed by atoms with Crippen LogP contribution in [0.25, 0.3) is 22.5 Å². The average molecular weight is 268 g/mol. The van der Waals surface area contributed by atoms with Crippen LogP contribution in [-0.4, -0.2) is 15.2 Å². The van der Waals surface area contributed by atoms with Crippen LogP contribution >= 0.6 is 23.2 Å². The van der Waals surface area contributed by atoms with Crippen molar-refractivity contribution in [2.24, 2.45) is 0 Å². The molecule has 0 amide bonds. The Morgan fingerprint density at radius 3 is 2.71 bits per heavy atom. The van der Waals surface area contributed by atoms with E-state index in [4.69, 9.17) is 27.6 Å². The number of hydrogen-bond acceptors (Lipinski definition) is 3. The summed E-state index contributed by atoms with van der Waals surface area (Å²) in [4.78, 5) is 2.38. The van der Waals surface area contributed by atoms with Crippen molar-refractivity contribution in [1.82, 2.24) is 15.2 Å². The first kappa shape index (κ1) is 10.6. The molecule has 0 unspecified atom stereocenters. The number of halogens is 2. The van der Waals surface area contributed by atoms with Gasteiger partial charge in [0.25, 0.3) is 5.89 Å². The van der Waals surface area contributed by atoms with Gasteiger partial charge in [0.15, 0.2) is 4.84 Å². The first-order valence-corrected chi connectivity index (χ1v) is 5.81. The fourth-order valence-electron chi connectivity index (χ4n) is 1.62. The third kappa shape index (κ3) is 1.90. The number of aromatic amines is 1. The van der Waals surface area contributed by atoms with Gasteiger partial charge in [-0.25, -0.2) is 0 Å². The van der Waals surface area contributed by atoms with Crippen molar-refractivity contribution in [3.05, 3.63) is 36.2 Å². The number of aromatic nitrogens is 3. The molecule has 0 aliphatic carbocycles. The zero-order valence-corrected chi connectivity index (χ0v) is 10.0. The Balaban J connectivity index is 2.07. The van der Waals surface area contributed by atoms with Crippen LogP contribution in [-0.2, 0) is 0 Å². The van der Waals surface area contributed by atoms with Crippen LogP contribution in [0.3, 0.4) is 0 Å². The predicted molar refractivity (Wildman–Crippen MR) is 66.0 cm³/mol. The lowest BCUT2D eigenvalue weighted by molar-refractivity contribution is 0.522. The standard InChI is InChI=1S/C11H7Cl2N3O/c12-9(13)11-16-15-10(17-11)8-5-6-3-1-2-4-7(6)14-8/h1-5,9,14H. The molecule has 0 bridgehead atoms. The SMILES string of the molecule is ClC(Cl)c1nnc(-c2cc3ccccc3[nH]2)o1. The number of rotatable bonds is 2. The Labute approximate surface area is 107 Å². The van der Waals surface area contributed by atoms with Gasteiger partial charge in [-0.05, 0) is 12.1 Å². The maximum atomic E-state index is 5.64. The molecule has 1 N–H and O–H groups in total. The van der Waals surface area contributed by atoms with E-state index in [1.807, 2.05) is 30.3 Å². The second-order valence-electron chi connectivity index (χ2n) is 3.52. The van der Waals surface area contributed by atoms with Crippen LogP contribution in [0, 0.1) is 0 Å². The highest BCUT2D eigenvalue weighted by Gasteiger charge is 2.15. The lowest BCUT2D eigenvalue weighted by Crippen LogP contribution is -1.79. The minimum Gasteiger partial charge on any atom is -0.416 e. The highest BCUT2D eigenvalue weighted by atomic mass is 35.5. The first-order chi connectivity index (χ1) is 8.24. The van der Waals surface area contributed by atoms with E-state index < -0.39 is 4.84 Å². The second kappa shape index (κ2) is 4.05. The van der Waals surface area contributed by atoms with Gasteiger partial charge in [-0.15, -0.1) is 10.2 Å². The van der Waals surface area contributed by atoms with E-state index >= 15 is 0 Å².